The summed E-state index contributed by atoms with van der Waals surface area (Å²) in [4.78, 5) is 15.0. The maximum absolute atomic E-state index is 12.1. The number of rotatable bonds is 8. The SMILES string of the molecule is CC(C)N[C@@H](CCCn1cc[nH]c1=N)C(=O)C(C)C. The minimum Gasteiger partial charge on any atom is -0.331 e. The van der Waals surface area contributed by atoms with E-state index in [0.717, 1.165) is 19.4 Å². The number of Topliss-reactive ketones (excluding diaryl/α,β-unsaturated/α-hetero) is 1. The number of aryl methyl sites for hydroxylation is 1. The van der Waals surface area contributed by atoms with E-state index < -0.39 is 0 Å². The van der Waals surface area contributed by atoms with Gasteiger partial charge in [0, 0.05) is 30.9 Å². The first kappa shape index (κ1) is 15.7. The predicted molar refractivity (Wildman–Crippen MR) is 75.8 cm³/mol. The predicted octanol–water partition coefficient (Wildman–Crippen LogP) is 1.67. The molecule has 1 atom stereocenters. The first-order valence-electron chi connectivity index (χ1n) is 7.00. The van der Waals surface area contributed by atoms with Crippen LogP contribution in [-0.2, 0) is 11.3 Å². The molecule has 0 amide bonds. The number of nitrogens with one attached hydrogen (secondary N) is 3. The van der Waals surface area contributed by atoms with Crippen molar-refractivity contribution < 1.29 is 4.79 Å². The van der Waals surface area contributed by atoms with Crippen LogP contribution in [0.3, 0.4) is 0 Å². The first-order chi connectivity index (χ1) is 8.91. The van der Waals surface area contributed by atoms with Gasteiger partial charge in [0.2, 0.25) is 0 Å². The number of ketones is 1. The van der Waals surface area contributed by atoms with Crippen molar-refractivity contribution in [2.24, 2.45) is 5.92 Å². The molecule has 5 heteroatoms. The lowest BCUT2D eigenvalue weighted by molar-refractivity contribution is -0.124. The van der Waals surface area contributed by atoms with Gasteiger partial charge in [-0.3, -0.25) is 10.2 Å². The lowest BCUT2D eigenvalue weighted by atomic mass is 9.97. The summed E-state index contributed by atoms with van der Waals surface area (Å²) >= 11 is 0. The van der Waals surface area contributed by atoms with Crippen molar-refractivity contribution in [3.63, 3.8) is 0 Å². The van der Waals surface area contributed by atoms with Gasteiger partial charge in [0.05, 0.1) is 6.04 Å². The molecular weight excluding hydrogens is 240 g/mol. The molecule has 1 aromatic rings. The molecule has 1 aromatic heterocycles. The van der Waals surface area contributed by atoms with Crippen molar-refractivity contribution in [1.82, 2.24) is 14.9 Å². The first-order valence-corrected chi connectivity index (χ1v) is 7.00. The summed E-state index contributed by atoms with van der Waals surface area (Å²) in [6.45, 7) is 8.77. The molecule has 0 aliphatic heterocycles. The molecule has 1 heterocycles. The van der Waals surface area contributed by atoms with E-state index in [4.69, 9.17) is 5.41 Å². The van der Waals surface area contributed by atoms with E-state index in [1.807, 2.05) is 24.6 Å². The zero-order valence-corrected chi connectivity index (χ0v) is 12.4. The molecule has 19 heavy (non-hydrogen) atoms. The molecule has 5 nitrogen and oxygen atoms in total. The molecule has 0 unspecified atom stereocenters. The summed E-state index contributed by atoms with van der Waals surface area (Å²) in [5.74, 6) is 0.335. The summed E-state index contributed by atoms with van der Waals surface area (Å²) in [6.07, 6.45) is 5.31. The van der Waals surface area contributed by atoms with Crippen molar-refractivity contribution in [3.05, 3.63) is 18.0 Å². The summed E-state index contributed by atoms with van der Waals surface area (Å²) in [5, 5.41) is 11.0. The van der Waals surface area contributed by atoms with Crippen LogP contribution in [0.5, 0.6) is 0 Å². The molecule has 0 aromatic carbocycles. The molecule has 0 saturated carbocycles. The summed E-state index contributed by atoms with van der Waals surface area (Å²) < 4.78 is 1.85. The van der Waals surface area contributed by atoms with Gasteiger partial charge in [-0.05, 0) is 12.8 Å². The van der Waals surface area contributed by atoms with Crippen LogP contribution in [-0.4, -0.2) is 27.4 Å². The highest BCUT2D eigenvalue weighted by Crippen LogP contribution is 2.08. The summed E-state index contributed by atoms with van der Waals surface area (Å²) in [5.41, 5.74) is 0.406. The number of H-pyrrole nitrogens is 1. The largest absolute Gasteiger partial charge is 0.331 e. The lowest BCUT2D eigenvalue weighted by Gasteiger charge is -2.22. The lowest BCUT2D eigenvalue weighted by Crippen LogP contribution is -2.42. The van der Waals surface area contributed by atoms with Crippen molar-refractivity contribution in [3.8, 4) is 0 Å². The standard InChI is InChI=1S/C14H26N4O/c1-10(2)13(19)12(17-11(3)4)6-5-8-18-9-7-16-14(18)15/h7,9-12,17H,5-6,8H2,1-4H3,(H2,15,16)/t12-/m0/s1. The monoisotopic (exact) mass is 266 g/mol. The van der Waals surface area contributed by atoms with Crippen LogP contribution in [0, 0.1) is 11.3 Å². The number of carbonyl (C=O) groups excluding carboxylic acids is 1. The van der Waals surface area contributed by atoms with Crippen molar-refractivity contribution >= 4 is 5.78 Å². The van der Waals surface area contributed by atoms with Gasteiger partial charge >= 0.3 is 0 Å². The van der Waals surface area contributed by atoms with Crippen LogP contribution in [0.4, 0.5) is 0 Å². The van der Waals surface area contributed by atoms with E-state index in [-0.39, 0.29) is 17.7 Å². The second kappa shape index (κ2) is 7.28. The number of aromatic nitrogens is 2. The summed E-state index contributed by atoms with van der Waals surface area (Å²) in [6, 6.07) is 0.230. The molecular formula is C14H26N4O. The number of imidazole rings is 1. The Hall–Kier alpha value is -1.36. The minimum atomic E-state index is -0.0753. The zero-order chi connectivity index (χ0) is 14.4. The molecule has 0 aliphatic carbocycles. The smallest absolute Gasteiger partial charge is 0.199 e. The van der Waals surface area contributed by atoms with Crippen molar-refractivity contribution in [2.45, 2.75) is 59.2 Å². The van der Waals surface area contributed by atoms with E-state index in [2.05, 4.69) is 24.1 Å². The van der Waals surface area contributed by atoms with Crippen LogP contribution in [0.25, 0.3) is 0 Å². The maximum atomic E-state index is 12.1. The Morgan fingerprint density at radius 3 is 2.58 bits per heavy atom. The van der Waals surface area contributed by atoms with Gasteiger partial charge in [-0.1, -0.05) is 27.7 Å². The zero-order valence-electron chi connectivity index (χ0n) is 12.4. The second-order valence-electron chi connectivity index (χ2n) is 5.58. The Morgan fingerprint density at radius 1 is 1.42 bits per heavy atom. The van der Waals surface area contributed by atoms with Crippen LogP contribution in [0.2, 0.25) is 0 Å². The molecule has 0 bridgehead atoms. The molecule has 3 N–H and O–H groups in total. The van der Waals surface area contributed by atoms with Crippen molar-refractivity contribution in [1.29, 1.82) is 5.41 Å². The van der Waals surface area contributed by atoms with Crippen LogP contribution in [0.1, 0.15) is 40.5 Å². The fourth-order valence-electron chi connectivity index (χ4n) is 2.13. The molecule has 0 fully saturated rings. The topological polar surface area (TPSA) is 73.7 Å². The fourth-order valence-corrected chi connectivity index (χ4v) is 2.13. The van der Waals surface area contributed by atoms with Crippen LogP contribution >= 0.6 is 0 Å². The quantitative estimate of drug-likeness (QED) is 0.669. The molecule has 1 rings (SSSR count). The molecule has 108 valence electrons. The van der Waals surface area contributed by atoms with E-state index in [9.17, 15) is 4.79 Å². The maximum Gasteiger partial charge on any atom is 0.199 e. The van der Waals surface area contributed by atoms with E-state index >= 15 is 0 Å². The molecule has 0 aliphatic rings. The van der Waals surface area contributed by atoms with Crippen LogP contribution < -0.4 is 10.9 Å². The van der Waals surface area contributed by atoms with Crippen LogP contribution in [0.15, 0.2) is 12.4 Å². The van der Waals surface area contributed by atoms with Gasteiger partial charge in [-0.25, -0.2) is 0 Å². The third-order valence-corrected chi connectivity index (χ3v) is 3.10. The Labute approximate surface area is 114 Å². The normalized spacial score (nSPS) is 13.2. The Kier molecular flexibility index (Phi) is 6.02. The minimum absolute atomic E-state index is 0.0582. The number of aromatic amines is 1. The average Bonchev–Trinajstić information content (AvgIpc) is 2.72. The Balaban J connectivity index is 2.51. The highest BCUT2D eigenvalue weighted by Gasteiger charge is 2.21. The molecule has 0 saturated heterocycles. The second-order valence-corrected chi connectivity index (χ2v) is 5.58. The Bertz CT molecular complexity index is 444. The van der Waals surface area contributed by atoms with Crippen molar-refractivity contribution in [2.75, 3.05) is 0 Å². The Morgan fingerprint density at radius 2 is 2.11 bits per heavy atom. The van der Waals surface area contributed by atoms with E-state index in [1.54, 1.807) is 6.20 Å². The van der Waals surface area contributed by atoms with Gasteiger partial charge in [-0.2, -0.15) is 0 Å². The molecule has 0 spiro atoms. The fraction of sp³-hybridized carbons (Fsp3) is 0.714. The molecule has 0 radical (unpaired) electrons. The van der Waals surface area contributed by atoms with E-state index in [1.165, 1.54) is 0 Å². The number of carbonyl (C=O) groups is 1. The average molecular weight is 266 g/mol. The van der Waals surface area contributed by atoms with Gasteiger partial charge < -0.3 is 14.9 Å². The third-order valence-electron chi connectivity index (χ3n) is 3.10. The highest BCUT2D eigenvalue weighted by molar-refractivity contribution is 5.85. The van der Waals surface area contributed by atoms with Gasteiger partial charge in [0.1, 0.15) is 0 Å². The van der Waals surface area contributed by atoms with Gasteiger partial charge in [0.25, 0.3) is 0 Å². The highest BCUT2D eigenvalue weighted by atomic mass is 16.1. The third kappa shape index (κ3) is 5.03. The van der Waals surface area contributed by atoms with Gasteiger partial charge in [0.15, 0.2) is 11.4 Å². The number of hydrogen-bond donors (Lipinski definition) is 3. The summed E-state index contributed by atoms with van der Waals surface area (Å²) in [7, 11) is 0. The number of nitrogens with zero attached hydrogens (tertiary/aromatic N) is 1. The van der Waals surface area contributed by atoms with Gasteiger partial charge in [-0.15, -0.1) is 0 Å². The number of hydrogen-bond acceptors (Lipinski definition) is 3. The van der Waals surface area contributed by atoms with E-state index in [0.29, 0.717) is 11.7 Å².